The molecular formula is C35H23N. The van der Waals surface area contributed by atoms with Crippen molar-refractivity contribution in [2.24, 2.45) is 0 Å². The summed E-state index contributed by atoms with van der Waals surface area (Å²) in [5.74, 6) is 0. The molecule has 1 nitrogen and oxygen atoms in total. The highest BCUT2D eigenvalue weighted by atomic mass is 14.6. The molecule has 0 saturated carbocycles. The number of fused-ring (bicyclic) bond motifs is 3. The number of hydrogen-bond acceptors (Lipinski definition) is 1. The van der Waals surface area contributed by atoms with Gasteiger partial charge < -0.3 is 0 Å². The standard InChI is InChI=1S/C35H23N/c1-3-9-24(10-4-1)26-15-16-28-22-29(18-17-27(28)21-26)35-31-14-8-7-13-30(31)34(25-11-5-2-6-12-25)32-19-20-36-23-33(32)35/h1-23H. The van der Waals surface area contributed by atoms with Crippen LogP contribution in [0.15, 0.2) is 140 Å². The van der Waals surface area contributed by atoms with E-state index in [2.05, 4.69) is 132 Å². The smallest absolute Gasteiger partial charge is 0.0353 e. The topological polar surface area (TPSA) is 12.9 Å². The van der Waals surface area contributed by atoms with Crippen LogP contribution in [-0.4, -0.2) is 4.98 Å². The van der Waals surface area contributed by atoms with Crippen molar-refractivity contribution < 1.29 is 0 Å². The van der Waals surface area contributed by atoms with E-state index in [-0.39, 0.29) is 0 Å². The number of pyridine rings is 1. The molecule has 0 bridgehead atoms. The minimum Gasteiger partial charge on any atom is -0.264 e. The fourth-order valence-corrected chi connectivity index (χ4v) is 5.46. The maximum absolute atomic E-state index is 4.55. The summed E-state index contributed by atoms with van der Waals surface area (Å²) in [7, 11) is 0. The summed E-state index contributed by atoms with van der Waals surface area (Å²) in [6.07, 6.45) is 3.92. The zero-order valence-electron chi connectivity index (χ0n) is 19.7. The molecule has 1 heterocycles. The Balaban J connectivity index is 1.49. The second kappa shape index (κ2) is 8.48. The normalized spacial score (nSPS) is 11.3. The molecule has 0 aliphatic carbocycles. The molecule has 0 saturated heterocycles. The molecule has 168 valence electrons. The van der Waals surface area contributed by atoms with Gasteiger partial charge in [-0.1, -0.05) is 109 Å². The third-order valence-corrected chi connectivity index (χ3v) is 7.12. The van der Waals surface area contributed by atoms with Crippen LogP contribution in [0.1, 0.15) is 0 Å². The molecule has 7 aromatic rings. The van der Waals surface area contributed by atoms with Crippen LogP contribution in [0, 0.1) is 0 Å². The third-order valence-electron chi connectivity index (χ3n) is 7.12. The SMILES string of the molecule is c1ccc(-c2ccc3cc(-c4c5ccccc5c(-c5ccccc5)c5ccncc45)ccc3c2)cc1. The van der Waals surface area contributed by atoms with E-state index < -0.39 is 0 Å². The average Bonchev–Trinajstić information content (AvgIpc) is 2.96. The zero-order valence-corrected chi connectivity index (χ0v) is 19.7. The minimum absolute atomic E-state index is 1.18. The highest BCUT2D eigenvalue weighted by Crippen LogP contribution is 2.43. The van der Waals surface area contributed by atoms with Gasteiger partial charge in [-0.3, -0.25) is 4.98 Å². The quantitative estimate of drug-likeness (QED) is 0.241. The van der Waals surface area contributed by atoms with Crippen molar-refractivity contribution in [3.63, 3.8) is 0 Å². The number of hydrogen-bond donors (Lipinski definition) is 0. The first-order valence-electron chi connectivity index (χ1n) is 12.3. The first-order chi connectivity index (χ1) is 17.9. The molecule has 0 aliphatic heterocycles. The summed E-state index contributed by atoms with van der Waals surface area (Å²) in [4.78, 5) is 4.55. The second-order valence-electron chi connectivity index (χ2n) is 9.23. The Hall–Kier alpha value is -4.75. The van der Waals surface area contributed by atoms with E-state index >= 15 is 0 Å². The molecule has 0 unspecified atom stereocenters. The van der Waals surface area contributed by atoms with Gasteiger partial charge in [0.05, 0.1) is 0 Å². The predicted molar refractivity (Wildman–Crippen MR) is 153 cm³/mol. The zero-order chi connectivity index (χ0) is 23.9. The van der Waals surface area contributed by atoms with E-state index in [4.69, 9.17) is 0 Å². The largest absolute Gasteiger partial charge is 0.264 e. The Morgan fingerprint density at radius 3 is 1.58 bits per heavy atom. The van der Waals surface area contributed by atoms with Crippen LogP contribution in [0.25, 0.3) is 65.7 Å². The van der Waals surface area contributed by atoms with E-state index in [1.807, 2.05) is 12.4 Å². The number of rotatable bonds is 3. The van der Waals surface area contributed by atoms with Crippen molar-refractivity contribution >= 4 is 32.3 Å². The molecule has 0 radical (unpaired) electrons. The number of nitrogens with zero attached hydrogens (tertiary/aromatic N) is 1. The van der Waals surface area contributed by atoms with Crippen LogP contribution in [0.2, 0.25) is 0 Å². The Labute approximate surface area is 210 Å². The van der Waals surface area contributed by atoms with Gasteiger partial charge in [0, 0.05) is 17.8 Å². The summed E-state index contributed by atoms with van der Waals surface area (Å²) in [6, 6.07) is 45.7. The summed E-state index contributed by atoms with van der Waals surface area (Å²) in [5.41, 5.74) is 7.42. The summed E-state index contributed by atoms with van der Waals surface area (Å²) < 4.78 is 0. The first kappa shape index (κ1) is 20.6. The van der Waals surface area contributed by atoms with Crippen molar-refractivity contribution in [3.8, 4) is 33.4 Å². The fourth-order valence-electron chi connectivity index (χ4n) is 5.46. The van der Waals surface area contributed by atoms with Gasteiger partial charge in [-0.05, 0) is 78.5 Å². The van der Waals surface area contributed by atoms with Crippen LogP contribution in [-0.2, 0) is 0 Å². The lowest BCUT2D eigenvalue weighted by atomic mass is 9.86. The van der Waals surface area contributed by atoms with Crippen molar-refractivity contribution in [3.05, 3.63) is 140 Å². The summed E-state index contributed by atoms with van der Waals surface area (Å²) >= 11 is 0. The second-order valence-corrected chi connectivity index (χ2v) is 9.23. The molecule has 0 atom stereocenters. The lowest BCUT2D eigenvalue weighted by Crippen LogP contribution is -1.91. The third kappa shape index (κ3) is 3.37. The van der Waals surface area contributed by atoms with Gasteiger partial charge in [0.2, 0.25) is 0 Å². The lowest BCUT2D eigenvalue weighted by Gasteiger charge is -2.17. The Morgan fingerprint density at radius 1 is 0.361 bits per heavy atom. The van der Waals surface area contributed by atoms with Crippen LogP contribution < -0.4 is 0 Å². The summed E-state index contributed by atoms with van der Waals surface area (Å²) in [6.45, 7) is 0. The maximum Gasteiger partial charge on any atom is 0.0353 e. The Bertz CT molecular complexity index is 1810. The van der Waals surface area contributed by atoms with E-state index in [0.717, 1.165) is 0 Å². The molecular weight excluding hydrogens is 434 g/mol. The molecule has 0 fully saturated rings. The van der Waals surface area contributed by atoms with Crippen molar-refractivity contribution in [2.75, 3.05) is 0 Å². The predicted octanol–water partition coefficient (Wildman–Crippen LogP) is 9.54. The molecule has 1 aromatic heterocycles. The van der Waals surface area contributed by atoms with Gasteiger partial charge in [-0.15, -0.1) is 0 Å². The Morgan fingerprint density at radius 2 is 0.889 bits per heavy atom. The van der Waals surface area contributed by atoms with E-state index in [0.29, 0.717) is 0 Å². The molecule has 0 amide bonds. The minimum atomic E-state index is 1.18. The van der Waals surface area contributed by atoms with Gasteiger partial charge in [0.1, 0.15) is 0 Å². The summed E-state index contributed by atoms with van der Waals surface area (Å²) in [5, 5.41) is 7.39. The van der Waals surface area contributed by atoms with Crippen LogP contribution in [0.5, 0.6) is 0 Å². The number of benzene rings is 6. The van der Waals surface area contributed by atoms with Crippen LogP contribution in [0.4, 0.5) is 0 Å². The highest BCUT2D eigenvalue weighted by Gasteiger charge is 2.16. The van der Waals surface area contributed by atoms with E-state index in [1.165, 1.54) is 65.7 Å². The molecule has 36 heavy (non-hydrogen) atoms. The molecule has 7 rings (SSSR count). The average molecular weight is 458 g/mol. The van der Waals surface area contributed by atoms with Gasteiger partial charge >= 0.3 is 0 Å². The highest BCUT2D eigenvalue weighted by molar-refractivity contribution is 6.21. The Kier molecular flexibility index (Phi) is 4.85. The monoisotopic (exact) mass is 457 g/mol. The van der Waals surface area contributed by atoms with Gasteiger partial charge in [0.15, 0.2) is 0 Å². The first-order valence-corrected chi connectivity index (χ1v) is 12.3. The lowest BCUT2D eigenvalue weighted by molar-refractivity contribution is 1.37. The molecule has 6 aromatic carbocycles. The van der Waals surface area contributed by atoms with Gasteiger partial charge in [-0.25, -0.2) is 0 Å². The van der Waals surface area contributed by atoms with Gasteiger partial charge in [-0.2, -0.15) is 0 Å². The van der Waals surface area contributed by atoms with Crippen molar-refractivity contribution in [1.29, 1.82) is 0 Å². The molecule has 0 spiro atoms. The van der Waals surface area contributed by atoms with E-state index in [1.54, 1.807) is 0 Å². The molecule has 0 N–H and O–H groups in total. The number of aromatic nitrogens is 1. The van der Waals surface area contributed by atoms with Gasteiger partial charge in [0.25, 0.3) is 0 Å². The van der Waals surface area contributed by atoms with Crippen LogP contribution in [0.3, 0.4) is 0 Å². The van der Waals surface area contributed by atoms with E-state index in [9.17, 15) is 0 Å². The van der Waals surface area contributed by atoms with Crippen LogP contribution >= 0.6 is 0 Å². The van der Waals surface area contributed by atoms with Crippen molar-refractivity contribution in [2.45, 2.75) is 0 Å². The molecule has 1 heteroatoms. The fraction of sp³-hybridized carbons (Fsp3) is 0. The molecule has 0 aliphatic rings. The maximum atomic E-state index is 4.55. The van der Waals surface area contributed by atoms with Crippen molar-refractivity contribution in [1.82, 2.24) is 4.98 Å².